The Hall–Kier alpha value is -2.91. The molecular weight excluding hydrogens is 398 g/mol. The molecule has 1 aromatic heterocycles. The number of rotatable bonds is 7. The van der Waals surface area contributed by atoms with E-state index in [4.69, 9.17) is 4.74 Å². The van der Waals surface area contributed by atoms with E-state index in [2.05, 4.69) is 10.3 Å². The molecule has 9 heteroatoms. The van der Waals surface area contributed by atoms with Crippen molar-refractivity contribution in [1.29, 1.82) is 0 Å². The molecule has 1 heterocycles. The summed E-state index contributed by atoms with van der Waals surface area (Å²) in [7, 11) is 1.56. The highest BCUT2D eigenvalue weighted by Gasteiger charge is 2.19. The van der Waals surface area contributed by atoms with Crippen molar-refractivity contribution in [3.05, 3.63) is 74.8 Å². The Labute approximate surface area is 169 Å². The molecule has 28 heavy (non-hydrogen) atoms. The topological polar surface area (TPSA) is 94.4 Å². The highest BCUT2D eigenvalue weighted by atomic mass is 32.2. The van der Waals surface area contributed by atoms with Crippen molar-refractivity contribution < 1.29 is 14.5 Å². The highest BCUT2D eigenvalue weighted by molar-refractivity contribution is 8.01. The number of methoxy groups -OCH3 is 1. The van der Waals surface area contributed by atoms with Crippen LogP contribution in [0.4, 0.5) is 5.69 Å². The zero-order chi connectivity index (χ0) is 20.1. The molecule has 7 nitrogen and oxygen atoms in total. The average molecular weight is 415 g/mol. The number of hydrogen-bond acceptors (Lipinski definition) is 7. The minimum atomic E-state index is -0.486. The summed E-state index contributed by atoms with van der Waals surface area (Å²) < 4.78 is 5.98. The molecule has 3 aromatic rings. The van der Waals surface area contributed by atoms with Crippen molar-refractivity contribution in [2.24, 2.45) is 0 Å². The first-order chi connectivity index (χ1) is 13.5. The SMILES string of the molecule is COc1ccccc1CNC(=O)c1ccc(Sc2nc(C)cs2)c([N+](=O)[O-])c1. The highest BCUT2D eigenvalue weighted by Crippen LogP contribution is 2.36. The zero-order valence-electron chi connectivity index (χ0n) is 15.2. The van der Waals surface area contributed by atoms with Crippen LogP contribution in [0.3, 0.4) is 0 Å². The number of thiazole rings is 1. The molecule has 0 aliphatic rings. The lowest BCUT2D eigenvalue weighted by Gasteiger charge is -2.10. The Kier molecular flexibility index (Phi) is 6.27. The maximum atomic E-state index is 12.5. The largest absolute Gasteiger partial charge is 0.496 e. The van der Waals surface area contributed by atoms with E-state index < -0.39 is 10.8 Å². The second kappa shape index (κ2) is 8.85. The van der Waals surface area contributed by atoms with Gasteiger partial charge in [-0.1, -0.05) is 30.0 Å². The van der Waals surface area contributed by atoms with Gasteiger partial charge in [0.2, 0.25) is 0 Å². The summed E-state index contributed by atoms with van der Waals surface area (Å²) in [6.45, 7) is 2.12. The third-order valence-corrected chi connectivity index (χ3v) is 5.97. The smallest absolute Gasteiger partial charge is 0.284 e. The van der Waals surface area contributed by atoms with Crippen LogP contribution in [-0.2, 0) is 6.54 Å². The lowest BCUT2D eigenvalue weighted by Crippen LogP contribution is -2.23. The van der Waals surface area contributed by atoms with Gasteiger partial charge in [-0.15, -0.1) is 11.3 Å². The number of aromatic nitrogens is 1. The Balaban J connectivity index is 1.77. The van der Waals surface area contributed by atoms with Crippen molar-refractivity contribution in [2.75, 3.05) is 7.11 Å². The predicted octanol–water partition coefficient (Wildman–Crippen LogP) is 4.45. The van der Waals surface area contributed by atoms with Crippen molar-refractivity contribution >= 4 is 34.7 Å². The third-order valence-electron chi connectivity index (χ3n) is 3.84. The first-order valence-electron chi connectivity index (χ1n) is 8.26. The Morgan fingerprint density at radius 1 is 1.32 bits per heavy atom. The first-order valence-corrected chi connectivity index (χ1v) is 9.96. The van der Waals surface area contributed by atoms with Crippen molar-refractivity contribution in [3.63, 3.8) is 0 Å². The van der Waals surface area contributed by atoms with Gasteiger partial charge in [0, 0.05) is 34.8 Å². The van der Waals surface area contributed by atoms with Gasteiger partial charge in [-0.3, -0.25) is 14.9 Å². The minimum Gasteiger partial charge on any atom is -0.496 e. The van der Waals surface area contributed by atoms with Crippen LogP contribution >= 0.6 is 23.1 Å². The van der Waals surface area contributed by atoms with E-state index in [1.54, 1.807) is 25.3 Å². The van der Waals surface area contributed by atoms with E-state index in [0.29, 0.717) is 15.0 Å². The number of nitro benzene ring substituents is 1. The number of para-hydroxylation sites is 1. The second-order valence-corrected chi connectivity index (χ2v) is 7.94. The Bertz CT molecular complexity index is 1020. The summed E-state index contributed by atoms with van der Waals surface area (Å²) in [5, 5.41) is 16.1. The molecule has 0 bridgehead atoms. The van der Waals surface area contributed by atoms with Gasteiger partial charge in [-0.2, -0.15) is 0 Å². The lowest BCUT2D eigenvalue weighted by atomic mass is 10.1. The molecule has 0 atom stereocenters. The van der Waals surface area contributed by atoms with Gasteiger partial charge in [0.15, 0.2) is 4.34 Å². The molecule has 1 N–H and O–H groups in total. The fourth-order valence-electron chi connectivity index (χ4n) is 2.49. The molecule has 0 aliphatic carbocycles. The van der Waals surface area contributed by atoms with Crippen LogP contribution in [0.1, 0.15) is 21.6 Å². The maximum Gasteiger partial charge on any atom is 0.284 e. The fraction of sp³-hybridized carbons (Fsp3) is 0.158. The van der Waals surface area contributed by atoms with E-state index in [0.717, 1.165) is 11.3 Å². The number of carbonyl (C=O) groups excluding carboxylic acids is 1. The number of nitrogens with zero attached hydrogens (tertiary/aromatic N) is 2. The molecule has 144 valence electrons. The number of benzene rings is 2. The molecule has 1 amide bonds. The molecule has 0 fully saturated rings. The van der Waals surface area contributed by atoms with Gasteiger partial charge < -0.3 is 10.1 Å². The van der Waals surface area contributed by atoms with Gasteiger partial charge in [0.05, 0.1) is 16.9 Å². The summed E-state index contributed by atoms with van der Waals surface area (Å²) in [5.74, 6) is 0.273. The van der Waals surface area contributed by atoms with Crippen LogP contribution in [0.25, 0.3) is 0 Å². The normalized spacial score (nSPS) is 10.5. The molecule has 3 rings (SSSR count). The van der Waals surface area contributed by atoms with Crippen molar-refractivity contribution in [3.8, 4) is 5.75 Å². The number of nitro groups is 1. The molecule has 2 aromatic carbocycles. The Morgan fingerprint density at radius 3 is 2.79 bits per heavy atom. The van der Waals surface area contributed by atoms with Crippen LogP contribution in [0.5, 0.6) is 5.75 Å². The molecule has 0 saturated carbocycles. The summed E-state index contributed by atoms with van der Waals surface area (Å²) >= 11 is 2.64. The van der Waals surface area contributed by atoms with E-state index in [-0.39, 0.29) is 17.8 Å². The number of aryl methyl sites for hydroxylation is 1. The number of amides is 1. The third kappa shape index (κ3) is 4.68. The minimum absolute atomic E-state index is 0.122. The van der Waals surface area contributed by atoms with E-state index in [1.807, 2.05) is 30.5 Å². The summed E-state index contributed by atoms with van der Waals surface area (Å²) in [6.07, 6.45) is 0. The molecular formula is C19H17N3O4S2. The summed E-state index contributed by atoms with van der Waals surface area (Å²) in [5.41, 5.74) is 1.78. The molecule has 0 saturated heterocycles. The van der Waals surface area contributed by atoms with E-state index >= 15 is 0 Å². The zero-order valence-corrected chi connectivity index (χ0v) is 16.8. The average Bonchev–Trinajstić information content (AvgIpc) is 3.11. The van der Waals surface area contributed by atoms with E-state index in [1.165, 1.54) is 29.2 Å². The van der Waals surface area contributed by atoms with Gasteiger partial charge in [0.25, 0.3) is 11.6 Å². The molecule has 0 aliphatic heterocycles. The fourth-order valence-corrected chi connectivity index (χ4v) is 4.37. The molecule has 0 radical (unpaired) electrons. The van der Waals surface area contributed by atoms with Crippen LogP contribution in [0.15, 0.2) is 57.1 Å². The monoisotopic (exact) mass is 415 g/mol. The van der Waals surface area contributed by atoms with Crippen LogP contribution in [-0.4, -0.2) is 22.9 Å². The van der Waals surface area contributed by atoms with Gasteiger partial charge >= 0.3 is 0 Å². The Morgan fingerprint density at radius 2 is 2.11 bits per heavy atom. The lowest BCUT2D eigenvalue weighted by molar-refractivity contribution is -0.387. The van der Waals surface area contributed by atoms with Crippen LogP contribution in [0.2, 0.25) is 0 Å². The number of carbonyl (C=O) groups is 1. The maximum absolute atomic E-state index is 12.5. The quantitative estimate of drug-likeness (QED) is 0.453. The first kappa shape index (κ1) is 19.8. The predicted molar refractivity (Wildman–Crippen MR) is 108 cm³/mol. The van der Waals surface area contributed by atoms with Crippen LogP contribution in [0, 0.1) is 17.0 Å². The number of ether oxygens (including phenoxy) is 1. The standard InChI is InChI=1S/C19H17N3O4S2/c1-12-11-27-19(21-12)28-17-8-7-13(9-15(17)22(24)25)18(23)20-10-14-5-3-4-6-16(14)26-2/h3-9,11H,10H2,1-2H3,(H,20,23). The van der Waals surface area contributed by atoms with Crippen molar-refractivity contribution in [1.82, 2.24) is 10.3 Å². The van der Waals surface area contributed by atoms with Gasteiger partial charge in [-0.25, -0.2) is 4.98 Å². The number of hydrogen-bond donors (Lipinski definition) is 1. The van der Waals surface area contributed by atoms with Crippen molar-refractivity contribution in [2.45, 2.75) is 22.7 Å². The second-order valence-electron chi connectivity index (χ2n) is 5.79. The molecule has 0 spiro atoms. The van der Waals surface area contributed by atoms with Gasteiger partial charge in [0.1, 0.15) is 5.75 Å². The summed E-state index contributed by atoms with van der Waals surface area (Å²) in [4.78, 5) is 28.2. The number of nitrogens with one attached hydrogen (secondary N) is 1. The van der Waals surface area contributed by atoms with Gasteiger partial charge in [-0.05, 0) is 25.1 Å². The van der Waals surface area contributed by atoms with E-state index in [9.17, 15) is 14.9 Å². The summed E-state index contributed by atoms with van der Waals surface area (Å²) in [6, 6.07) is 11.8. The molecule has 0 unspecified atom stereocenters. The van der Waals surface area contributed by atoms with Crippen LogP contribution < -0.4 is 10.1 Å².